The molecule has 0 radical (unpaired) electrons. The molecule has 0 spiro atoms. The predicted octanol–water partition coefficient (Wildman–Crippen LogP) is 4.11. The van der Waals surface area contributed by atoms with Gasteiger partial charge in [0.1, 0.15) is 0 Å². The van der Waals surface area contributed by atoms with Gasteiger partial charge in [0.15, 0.2) is 0 Å². The summed E-state index contributed by atoms with van der Waals surface area (Å²) >= 11 is 3.59. The van der Waals surface area contributed by atoms with E-state index in [9.17, 15) is 0 Å². The third-order valence-corrected chi connectivity index (χ3v) is 3.86. The van der Waals surface area contributed by atoms with Crippen molar-refractivity contribution >= 4 is 15.9 Å². The Labute approximate surface area is 123 Å². The largest absolute Gasteiger partial charge is 0.305 e. The monoisotopic (exact) mass is 318 g/mol. The topological polar surface area (TPSA) is 24.9 Å². The van der Waals surface area contributed by atoms with Gasteiger partial charge in [0.05, 0.1) is 11.7 Å². The van der Waals surface area contributed by atoms with Crippen molar-refractivity contribution in [3.63, 3.8) is 0 Å². The van der Waals surface area contributed by atoms with Crippen molar-refractivity contribution in [2.45, 2.75) is 26.3 Å². The summed E-state index contributed by atoms with van der Waals surface area (Å²) in [5.41, 5.74) is 3.64. The van der Waals surface area contributed by atoms with Crippen molar-refractivity contribution < 1.29 is 0 Å². The number of rotatable bonds is 5. The van der Waals surface area contributed by atoms with Crippen LogP contribution in [0.4, 0.5) is 0 Å². The summed E-state index contributed by atoms with van der Waals surface area (Å²) in [5.74, 6) is 0. The average molecular weight is 319 g/mol. The minimum absolute atomic E-state index is 0.131. The first-order valence-corrected chi connectivity index (χ1v) is 7.48. The van der Waals surface area contributed by atoms with Crippen LogP contribution in [0.15, 0.2) is 47.1 Å². The predicted molar refractivity (Wildman–Crippen MR) is 83.3 cm³/mol. The molecule has 2 aromatic rings. The molecule has 3 heteroatoms. The fraction of sp³-hybridized carbons (Fsp3) is 0.312. The van der Waals surface area contributed by atoms with E-state index in [1.807, 2.05) is 18.3 Å². The Hall–Kier alpha value is -1.19. The van der Waals surface area contributed by atoms with Gasteiger partial charge in [0.25, 0.3) is 0 Å². The van der Waals surface area contributed by atoms with E-state index in [2.05, 4.69) is 64.3 Å². The van der Waals surface area contributed by atoms with Gasteiger partial charge in [-0.05, 0) is 52.2 Å². The minimum atomic E-state index is 0.131. The zero-order valence-corrected chi connectivity index (χ0v) is 12.9. The third kappa shape index (κ3) is 3.43. The van der Waals surface area contributed by atoms with E-state index in [0.29, 0.717) is 0 Å². The number of aromatic nitrogens is 1. The summed E-state index contributed by atoms with van der Waals surface area (Å²) in [4.78, 5) is 4.51. The molecule has 1 aromatic heterocycles. The molecule has 2 rings (SSSR count). The van der Waals surface area contributed by atoms with Crippen LogP contribution in [0.2, 0.25) is 0 Å². The quantitative estimate of drug-likeness (QED) is 0.897. The lowest BCUT2D eigenvalue weighted by Gasteiger charge is -2.19. The maximum absolute atomic E-state index is 4.51. The summed E-state index contributed by atoms with van der Waals surface area (Å²) in [6.45, 7) is 5.19. The van der Waals surface area contributed by atoms with E-state index in [-0.39, 0.29) is 6.04 Å². The number of pyridine rings is 1. The standard InChI is InChI=1S/C16H19BrN2/c1-3-12-7-9-13(10-8-12)15(18-4-2)16-14(17)6-5-11-19-16/h5-11,15,18H,3-4H2,1-2H3. The molecular weight excluding hydrogens is 300 g/mol. The first-order chi connectivity index (χ1) is 9.26. The Morgan fingerprint density at radius 1 is 1.16 bits per heavy atom. The maximum atomic E-state index is 4.51. The van der Waals surface area contributed by atoms with Crippen LogP contribution in [0, 0.1) is 0 Å². The molecule has 0 saturated heterocycles. The number of nitrogens with one attached hydrogen (secondary N) is 1. The molecular formula is C16H19BrN2. The fourth-order valence-corrected chi connectivity index (χ4v) is 2.62. The molecule has 0 fully saturated rings. The van der Waals surface area contributed by atoms with Gasteiger partial charge in [-0.1, -0.05) is 38.1 Å². The number of nitrogens with zero attached hydrogens (tertiary/aromatic N) is 1. The van der Waals surface area contributed by atoms with Gasteiger partial charge >= 0.3 is 0 Å². The first-order valence-electron chi connectivity index (χ1n) is 6.68. The lowest BCUT2D eigenvalue weighted by molar-refractivity contribution is 0.613. The van der Waals surface area contributed by atoms with Gasteiger partial charge in [-0.15, -0.1) is 0 Å². The van der Waals surface area contributed by atoms with Gasteiger partial charge in [-0.3, -0.25) is 4.98 Å². The van der Waals surface area contributed by atoms with Crippen molar-refractivity contribution in [1.29, 1.82) is 0 Å². The number of hydrogen-bond donors (Lipinski definition) is 1. The molecule has 1 atom stereocenters. The normalized spacial score (nSPS) is 12.4. The second-order valence-corrected chi connectivity index (χ2v) is 5.31. The lowest BCUT2D eigenvalue weighted by atomic mass is 10.0. The third-order valence-electron chi connectivity index (χ3n) is 3.19. The molecule has 1 aromatic carbocycles. The van der Waals surface area contributed by atoms with Crippen LogP contribution in [0.3, 0.4) is 0 Å². The molecule has 1 heterocycles. The number of aryl methyl sites for hydroxylation is 1. The Balaban J connectivity index is 2.36. The Bertz CT molecular complexity index is 523. The summed E-state index contributed by atoms with van der Waals surface area (Å²) in [6, 6.07) is 12.9. The van der Waals surface area contributed by atoms with Crippen molar-refractivity contribution in [2.75, 3.05) is 6.54 Å². The fourth-order valence-electron chi connectivity index (χ4n) is 2.13. The van der Waals surface area contributed by atoms with Gasteiger partial charge in [-0.25, -0.2) is 0 Å². The highest BCUT2D eigenvalue weighted by atomic mass is 79.9. The molecule has 2 nitrogen and oxygen atoms in total. The highest BCUT2D eigenvalue weighted by Crippen LogP contribution is 2.26. The molecule has 0 aliphatic heterocycles. The van der Waals surface area contributed by atoms with E-state index in [1.165, 1.54) is 11.1 Å². The lowest BCUT2D eigenvalue weighted by Crippen LogP contribution is -2.23. The number of hydrogen-bond acceptors (Lipinski definition) is 2. The molecule has 19 heavy (non-hydrogen) atoms. The highest BCUT2D eigenvalue weighted by molar-refractivity contribution is 9.10. The second-order valence-electron chi connectivity index (χ2n) is 4.46. The highest BCUT2D eigenvalue weighted by Gasteiger charge is 2.16. The van der Waals surface area contributed by atoms with Crippen molar-refractivity contribution in [3.05, 3.63) is 63.9 Å². The van der Waals surface area contributed by atoms with Gasteiger partial charge < -0.3 is 5.32 Å². The Morgan fingerprint density at radius 3 is 2.47 bits per heavy atom. The molecule has 100 valence electrons. The van der Waals surface area contributed by atoms with E-state index >= 15 is 0 Å². The molecule has 0 amide bonds. The molecule has 0 bridgehead atoms. The SMILES string of the molecule is CCNC(c1ccc(CC)cc1)c1ncccc1Br. The van der Waals surface area contributed by atoms with E-state index < -0.39 is 0 Å². The zero-order chi connectivity index (χ0) is 13.7. The van der Waals surface area contributed by atoms with Crippen LogP contribution in [0.5, 0.6) is 0 Å². The maximum Gasteiger partial charge on any atom is 0.0762 e. The van der Waals surface area contributed by atoms with Crippen molar-refractivity contribution in [1.82, 2.24) is 10.3 Å². The van der Waals surface area contributed by atoms with E-state index in [1.54, 1.807) is 0 Å². The van der Waals surface area contributed by atoms with Crippen molar-refractivity contribution in [3.8, 4) is 0 Å². The Kier molecular flexibility index (Phi) is 5.11. The first kappa shape index (κ1) is 14.2. The van der Waals surface area contributed by atoms with Gasteiger partial charge in [0.2, 0.25) is 0 Å². The molecule has 0 aliphatic carbocycles. The summed E-state index contributed by atoms with van der Waals surface area (Å²) in [5, 5.41) is 3.50. The molecule has 0 saturated carbocycles. The summed E-state index contributed by atoms with van der Waals surface area (Å²) < 4.78 is 1.04. The second kappa shape index (κ2) is 6.83. The smallest absolute Gasteiger partial charge is 0.0762 e. The van der Waals surface area contributed by atoms with E-state index in [0.717, 1.165) is 23.1 Å². The van der Waals surface area contributed by atoms with Crippen LogP contribution < -0.4 is 5.32 Å². The summed E-state index contributed by atoms with van der Waals surface area (Å²) in [7, 11) is 0. The van der Waals surface area contributed by atoms with Crippen LogP contribution in [0.25, 0.3) is 0 Å². The van der Waals surface area contributed by atoms with E-state index in [4.69, 9.17) is 0 Å². The van der Waals surface area contributed by atoms with Crippen LogP contribution in [-0.2, 0) is 6.42 Å². The molecule has 0 aliphatic rings. The number of halogens is 1. The number of benzene rings is 1. The Morgan fingerprint density at radius 2 is 1.89 bits per heavy atom. The molecule has 1 N–H and O–H groups in total. The molecule has 1 unspecified atom stereocenters. The van der Waals surface area contributed by atoms with Gasteiger partial charge in [0, 0.05) is 10.7 Å². The average Bonchev–Trinajstić information content (AvgIpc) is 2.46. The van der Waals surface area contributed by atoms with Crippen LogP contribution in [-0.4, -0.2) is 11.5 Å². The van der Waals surface area contributed by atoms with Crippen LogP contribution in [0.1, 0.15) is 36.7 Å². The van der Waals surface area contributed by atoms with Crippen molar-refractivity contribution in [2.24, 2.45) is 0 Å². The zero-order valence-electron chi connectivity index (χ0n) is 11.4. The minimum Gasteiger partial charge on any atom is -0.305 e. The van der Waals surface area contributed by atoms with Crippen LogP contribution >= 0.6 is 15.9 Å². The van der Waals surface area contributed by atoms with Gasteiger partial charge in [-0.2, -0.15) is 0 Å². The summed E-state index contributed by atoms with van der Waals surface area (Å²) in [6.07, 6.45) is 2.91.